The zero-order chi connectivity index (χ0) is 22.2. The fraction of sp³-hybridized carbons (Fsp3) is 0.870. The topological polar surface area (TPSA) is 55.8 Å². The first kappa shape index (κ1) is 27.3. The summed E-state index contributed by atoms with van der Waals surface area (Å²) in [6, 6.07) is 0. The van der Waals surface area contributed by atoms with E-state index in [-0.39, 0.29) is 17.1 Å². The minimum Gasteiger partial charge on any atom is -0.465 e. The Kier molecular flexibility index (Phi) is 11.2. The summed E-state index contributed by atoms with van der Waals surface area (Å²) in [5, 5.41) is 10.9. The van der Waals surface area contributed by atoms with E-state index in [1.807, 2.05) is 6.92 Å². The van der Waals surface area contributed by atoms with Gasteiger partial charge in [-0.25, -0.2) is 0 Å². The minimum atomic E-state index is -1.86. The van der Waals surface area contributed by atoms with Crippen LogP contribution in [0, 0.1) is 5.41 Å². The summed E-state index contributed by atoms with van der Waals surface area (Å²) in [7, 11) is -1.86. The lowest BCUT2D eigenvalue weighted by molar-refractivity contribution is -0.158. The summed E-state index contributed by atoms with van der Waals surface area (Å²) < 4.78 is 11.8. The number of carbonyl (C=O) groups excluding carboxylic acids is 1. The van der Waals surface area contributed by atoms with Crippen molar-refractivity contribution in [2.45, 2.75) is 118 Å². The Morgan fingerprint density at radius 3 is 2.14 bits per heavy atom. The lowest BCUT2D eigenvalue weighted by Gasteiger charge is -2.39. The highest BCUT2D eigenvalue weighted by Gasteiger charge is 2.40. The van der Waals surface area contributed by atoms with E-state index in [0.29, 0.717) is 6.61 Å². The quantitative estimate of drug-likeness (QED) is 0.178. The van der Waals surface area contributed by atoms with E-state index in [2.05, 4.69) is 46.9 Å². The normalized spacial score (nSPS) is 16.0. The van der Waals surface area contributed by atoms with Gasteiger partial charge in [0.1, 0.15) is 0 Å². The van der Waals surface area contributed by atoms with Crippen LogP contribution in [0.3, 0.4) is 0 Å². The first-order valence-corrected chi connectivity index (χ1v) is 13.8. The molecule has 0 aliphatic heterocycles. The van der Waals surface area contributed by atoms with Crippen molar-refractivity contribution in [2.24, 2.45) is 5.41 Å². The van der Waals surface area contributed by atoms with E-state index in [9.17, 15) is 9.90 Å². The number of rotatable bonds is 12. The molecule has 0 fully saturated rings. The predicted octanol–water partition coefficient (Wildman–Crippen LogP) is 6.24. The molecule has 0 saturated heterocycles. The maximum atomic E-state index is 12.2. The van der Waals surface area contributed by atoms with Crippen LogP contribution in [-0.2, 0) is 14.0 Å². The van der Waals surface area contributed by atoms with Gasteiger partial charge in [-0.05, 0) is 64.2 Å². The van der Waals surface area contributed by atoms with Gasteiger partial charge in [-0.15, -0.1) is 0 Å². The highest BCUT2D eigenvalue weighted by Crippen LogP contribution is 2.38. The van der Waals surface area contributed by atoms with Crippen molar-refractivity contribution in [3.63, 3.8) is 0 Å². The second-order valence-corrected chi connectivity index (χ2v) is 14.8. The smallest absolute Gasteiger partial charge is 0.314 e. The van der Waals surface area contributed by atoms with E-state index in [0.717, 1.165) is 24.8 Å². The van der Waals surface area contributed by atoms with Crippen molar-refractivity contribution in [3.8, 4) is 0 Å². The fourth-order valence-electron chi connectivity index (χ4n) is 2.87. The summed E-state index contributed by atoms with van der Waals surface area (Å²) in [6.45, 7) is 21.0. The van der Waals surface area contributed by atoms with Crippen molar-refractivity contribution in [1.82, 2.24) is 0 Å². The van der Waals surface area contributed by atoms with Crippen LogP contribution >= 0.6 is 0 Å². The van der Waals surface area contributed by atoms with Crippen LogP contribution < -0.4 is 0 Å². The molecule has 0 spiro atoms. The Morgan fingerprint density at radius 1 is 1.11 bits per heavy atom. The van der Waals surface area contributed by atoms with Gasteiger partial charge in [-0.1, -0.05) is 53.0 Å². The molecule has 166 valence electrons. The Balaban J connectivity index is 5.27. The van der Waals surface area contributed by atoms with Gasteiger partial charge in [0.25, 0.3) is 0 Å². The molecule has 0 aliphatic carbocycles. The third kappa shape index (κ3) is 8.38. The number of hydrogen-bond acceptors (Lipinski definition) is 4. The molecule has 0 unspecified atom stereocenters. The van der Waals surface area contributed by atoms with E-state index in [1.54, 1.807) is 20.8 Å². The maximum absolute atomic E-state index is 12.2. The van der Waals surface area contributed by atoms with E-state index in [4.69, 9.17) is 9.16 Å². The van der Waals surface area contributed by atoms with Crippen LogP contribution in [0.25, 0.3) is 0 Å². The first-order valence-electron chi connectivity index (χ1n) is 10.9. The molecular formula is C23H46O4Si. The molecule has 28 heavy (non-hydrogen) atoms. The number of esters is 1. The van der Waals surface area contributed by atoms with Gasteiger partial charge in [-0.2, -0.15) is 0 Å². The second-order valence-electron chi connectivity index (χ2n) is 10.0. The standard InChI is InChI=1S/C23H46O4Si/c1-11-13-14-15-19(27-28(9,10)22(4,5)6)17-16-18(3)20(24)23(7,8)21(25)26-12-2/h16,19-20,24H,11-15,17H2,1-10H3/b18-16+/t19-,20-/m1/s1. The van der Waals surface area contributed by atoms with Gasteiger partial charge < -0.3 is 14.3 Å². The summed E-state index contributed by atoms with van der Waals surface area (Å²) in [5.41, 5.74) is -0.161. The molecule has 1 N–H and O–H groups in total. The molecule has 0 amide bonds. The molecule has 5 heteroatoms. The third-order valence-corrected chi connectivity index (χ3v) is 10.6. The van der Waals surface area contributed by atoms with Crippen LogP contribution in [0.1, 0.15) is 87.5 Å². The molecule has 0 radical (unpaired) electrons. The molecule has 0 heterocycles. The van der Waals surface area contributed by atoms with E-state index >= 15 is 0 Å². The van der Waals surface area contributed by atoms with Crippen molar-refractivity contribution in [1.29, 1.82) is 0 Å². The molecule has 0 aromatic heterocycles. The number of ether oxygens (including phenoxy) is 1. The van der Waals surface area contributed by atoms with E-state index < -0.39 is 19.8 Å². The van der Waals surface area contributed by atoms with Crippen LogP contribution in [0.2, 0.25) is 18.1 Å². The average molecular weight is 415 g/mol. The molecule has 0 bridgehead atoms. The summed E-state index contributed by atoms with van der Waals surface area (Å²) >= 11 is 0. The van der Waals surface area contributed by atoms with Crippen LogP contribution in [0.5, 0.6) is 0 Å². The molecule has 0 saturated carbocycles. The SMILES string of the molecule is CCCCC[C@H](C/C=C(\C)[C@@H](O)C(C)(C)C(=O)OCC)O[Si](C)(C)C(C)(C)C. The predicted molar refractivity (Wildman–Crippen MR) is 121 cm³/mol. The number of aliphatic hydroxyl groups excluding tert-OH is 1. The van der Waals surface area contributed by atoms with Crippen molar-refractivity contribution < 1.29 is 19.1 Å². The van der Waals surface area contributed by atoms with Gasteiger partial charge in [-0.3, -0.25) is 4.79 Å². The van der Waals surface area contributed by atoms with Gasteiger partial charge >= 0.3 is 5.97 Å². The highest BCUT2D eigenvalue weighted by atomic mass is 28.4. The van der Waals surface area contributed by atoms with Gasteiger partial charge in [0.15, 0.2) is 8.32 Å². The lowest BCUT2D eigenvalue weighted by atomic mass is 9.82. The minimum absolute atomic E-state index is 0.153. The Morgan fingerprint density at radius 2 is 1.68 bits per heavy atom. The number of unbranched alkanes of at least 4 members (excludes halogenated alkanes) is 2. The summed E-state index contributed by atoms with van der Waals surface area (Å²) in [6.07, 6.45) is 6.68. The van der Waals surface area contributed by atoms with Crippen LogP contribution in [0.15, 0.2) is 11.6 Å². The zero-order valence-electron chi connectivity index (χ0n) is 20.1. The van der Waals surface area contributed by atoms with E-state index in [1.165, 1.54) is 12.8 Å². The number of aliphatic hydroxyl groups is 1. The highest BCUT2D eigenvalue weighted by molar-refractivity contribution is 6.74. The second kappa shape index (κ2) is 11.5. The number of carbonyl (C=O) groups is 1. The molecule has 0 aromatic carbocycles. The molecule has 4 nitrogen and oxygen atoms in total. The summed E-state index contributed by atoms with van der Waals surface area (Å²) in [5.74, 6) is -0.368. The molecular weight excluding hydrogens is 368 g/mol. The van der Waals surface area contributed by atoms with Crippen molar-refractivity contribution >= 4 is 14.3 Å². The van der Waals surface area contributed by atoms with Crippen LogP contribution in [0.4, 0.5) is 0 Å². The maximum Gasteiger partial charge on any atom is 0.314 e. The lowest BCUT2D eigenvalue weighted by Crippen LogP contribution is -2.44. The zero-order valence-corrected chi connectivity index (χ0v) is 21.1. The largest absolute Gasteiger partial charge is 0.465 e. The van der Waals surface area contributed by atoms with Crippen molar-refractivity contribution in [2.75, 3.05) is 6.61 Å². The average Bonchev–Trinajstić information content (AvgIpc) is 2.57. The fourth-order valence-corrected chi connectivity index (χ4v) is 4.27. The molecule has 0 aromatic rings. The first-order chi connectivity index (χ1) is 12.7. The van der Waals surface area contributed by atoms with Crippen molar-refractivity contribution in [3.05, 3.63) is 11.6 Å². The van der Waals surface area contributed by atoms with Gasteiger partial charge in [0.2, 0.25) is 0 Å². The molecule has 0 aliphatic rings. The Bertz CT molecular complexity index is 503. The van der Waals surface area contributed by atoms with Gasteiger partial charge in [0.05, 0.1) is 18.1 Å². The van der Waals surface area contributed by atoms with Gasteiger partial charge in [0, 0.05) is 6.10 Å². The Labute approximate surface area is 175 Å². The molecule has 2 atom stereocenters. The molecule has 0 rings (SSSR count). The van der Waals surface area contributed by atoms with Crippen LogP contribution in [-0.4, -0.2) is 38.2 Å². The summed E-state index contributed by atoms with van der Waals surface area (Å²) in [4.78, 5) is 12.2. The Hall–Kier alpha value is -0.653. The third-order valence-electron chi connectivity index (χ3n) is 6.02. The monoisotopic (exact) mass is 414 g/mol. The number of hydrogen-bond donors (Lipinski definition) is 1.